The molecule has 0 bridgehead atoms. The number of carbonyl (C=O) groups is 1. The van der Waals surface area contributed by atoms with E-state index in [1.807, 2.05) is 0 Å². The number of alkyl halides is 2. The minimum atomic E-state index is -4.10. The molecule has 0 radical (unpaired) electrons. The molecule has 82 valence electrons. The highest BCUT2D eigenvalue weighted by molar-refractivity contribution is 5.78. The molecule has 0 saturated carbocycles. The summed E-state index contributed by atoms with van der Waals surface area (Å²) in [4.78, 5) is 10.3. The minimum absolute atomic E-state index is 0.498. The SMILES string of the molecule is COc1cc(F)ccc1C(F)(F)C(=O)O. The second-order valence-corrected chi connectivity index (χ2v) is 2.72. The molecule has 0 aliphatic heterocycles. The van der Waals surface area contributed by atoms with Crippen LogP contribution >= 0.6 is 0 Å². The topological polar surface area (TPSA) is 46.5 Å². The van der Waals surface area contributed by atoms with Crippen LogP contribution in [0.2, 0.25) is 0 Å². The third-order valence-electron chi connectivity index (χ3n) is 1.77. The van der Waals surface area contributed by atoms with Gasteiger partial charge in [0.15, 0.2) is 0 Å². The van der Waals surface area contributed by atoms with Gasteiger partial charge >= 0.3 is 11.9 Å². The number of hydrogen-bond acceptors (Lipinski definition) is 2. The van der Waals surface area contributed by atoms with Crippen LogP contribution in [0.5, 0.6) is 5.75 Å². The van der Waals surface area contributed by atoms with Gasteiger partial charge in [-0.3, -0.25) is 0 Å². The van der Waals surface area contributed by atoms with Gasteiger partial charge in [0.1, 0.15) is 11.6 Å². The van der Waals surface area contributed by atoms with Crippen molar-refractivity contribution in [2.75, 3.05) is 7.11 Å². The van der Waals surface area contributed by atoms with Gasteiger partial charge in [-0.15, -0.1) is 0 Å². The number of rotatable bonds is 3. The molecule has 0 fully saturated rings. The van der Waals surface area contributed by atoms with Gasteiger partial charge in [-0.2, -0.15) is 8.78 Å². The Morgan fingerprint density at radius 2 is 2.07 bits per heavy atom. The summed E-state index contributed by atoms with van der Waals surface area (Å²) >= 11 is 0. The van der Waals surface area contributed by atoms with E-state index in [0.717, 1.165) is 13.2 Å². The Hall–Kier alpha value is -1.72. The third-order valence-corrected chi connectivity index (χ3v) is 1.77. The van der Waals surface area contributed by atoms with Crippen molar-refractivity contribution < 1.29 is 27.8 Å². The highest BCUT2D eigenvalue weighted by Crippen LogP contribution is 2.35. The van der Waals surface area contributed by atoms with Crippen LogP contribution in [0.1, 0.15) is 5.56 Å². The Kier molecular flexibility index (Phi) is 2.88. The second-order valence-electron chi connectivity index (χ2n) is 2.72. The van der Waals surface area contributed by atoms with E-state index in [0.29, 0.717) is 12.1 Å². The molecule has 6 heteroatoms. The fraction of sp³-hybridized carbons (Fsp3) is 0.222. The molecule has 0 spiro atoms. The van der Waals surface area contributed by atoms with Crippen molar-refractivity contribution in [1.82, 2.24) is 0 Å². The second kappa shape index (κ2) is 3.80. The summed E-state index contributed by atoms with van der Waals surface area (Å²) in [7, 11) is 1.05. The number of benzene rings is 1. The lowest BCUT2D eigenvalue weighted by Crippen LogP contribution is -2.26. The summed E-state index contributed by atoms with van der Waals surface area (Å²) in [6.45, 7) is 0. The van der Waals surface area contributed by atoms with Crippen molar-refractivity contribution in [1.29, 1.82) is 0 Å². The van der Waals surface area contributed by atoms with Crippen LogP contribution < -0.4 is 4.74 Å². The van der Waals surface area contributed by atoms with Crippen molar-refractivity contribution in [2.45, 2.75) is 5.92 Å². The first-order valence-electron chi connectivity index (χ1n) is 3.85. The molecular formula is C9H7F3O3. The number of hydrogen-bond donors (Lipinski definition) is 1. The van der Waals surface area contributed by atoms with Gasteiger partial charge in [0, 0.05) is 6.07 Å². The van der Waals surface area contributed by atoms with Crippen LogP contribution in [0.4, 0.5) is 13.2 Å². The minimum Gasteiger partial charge on any atom is -0.496 e. The first-order chi connectivity index (χ1) is 6.89. The molecule has 1 N–H and O–H groups in total. The monoisotopic (exact) mass is 220 g/mol. The van der Waals surface area contributed by atoms with E-state index in [2.05, 4.69) is 4.74 Å². The van der Waals surface area contributed by atoms with Crippen molar-refractivity contribution in [3.05, 3.63) is 29.6 Å². The highest BCUT2D eigenvalue weighted by Gasteiger charge is 2.43. The molecule has 0 aliphatic carbocycles. The smallest absolute Gasteiger partial charge is 0.379 e. The van der Waals surface area contributed by atoms with Gasteiger partial charge in [-0.05, 0) is 12.1 Å². The molecule has 1 rings (SSSR count). The van der Waals surface area contributed by atoms with Crippen LogP contribution in [0.15, 0.2) is 18.2 Å². The maximum atomic E-state index is 13.1. The molecular weight excluding hydrogens is 213 g/mol. The van der Waals surface area contributed by atoms with E-state index in [-0.39, 0.29) is 0 Å². The summed E-state index contributed by atoms with van der Waals surface area (Å²) < 4.78 is 43.2. The first kappa shape index (κ1) is 11.4. The van der Waals surface area contributed by atoms with E-state index in [9.17, 15) is 18.0 Å². The van der Waals surface area contributed by atoms with Crippen LogP contribution in [-0.4, -0.2) is 18.2 Å². The zero-order valence-corrected chi connectivity index (χ0v) is 7.63. The Balaban J connectivity index is 3.31. The fourth-order valence-electron chi connectivity index (χ4n) is 1.04. The summed E-state index contributed by atoms with van der Waals surface area (Å²) in [6, 6.07) is 2.13. The Bertz CT molecular complexity index is 390. The summed E-state index contributed by atoms with van der Waals surface area (Å²) in [5, 5.41) is 8.28. The Morgan fingerprint density at radius 1 is 1.47 bits per heavy atom. The standard InChI is InChI=1S/C9H7F3O3/c1-15-7-4-5(10)2-3-6(7)9(11,12)8(13)14/h2-4H,1H3,(H,13,14). The van der Waals surface area contributed by atoms with E-state index in [4.69, 9.17) is 5.11 Å². The molecule has 3 nitrogen and oxygen atoms in total. The van der Waals surface area contributed by atoms with E-state index in [1.54, 1.807) is 0 Å². The van der Waals surface area contributed by atoms with Gasteiger partial charge in [0.25, 0.3) is 0 Å². The van der Waals surface area contributed by atoms with Gasteiger partial charge in [-0.25, -0.2) is 9.18 Å². The van der Waals surface area contributed by atoms with Crippen LogP contribution in [0.3, 0.4) is 0 Å². The highest BCUT2D eigenvalue weighted by atomic mass is 19.3. The molecule has 0 aromatic heterocycles. The number of ether oxygens (including phenoxy) is 1. The number of methoxy groups -OCH3 is 1. The number of carboxylic acid groups (broad SMARTS) is 1. The van der Waals surface area contributed by atoms with Crippen LogP contribution in [0, 0.1) is 5.82 Å². The Morgan fingerprint density at radius 3 is 2.53 bits per heavy atom. The molecule has 0 heterocycles. The average molecular weight is 220 g/mol. The molecule has 0 amide bonds. The predicted octanol–water partition coefficient (Wildman–Crippen LogP) is 2.01. The molecule has 0 saturated heterocycles. The lowest BCUT2D eigenvalue weighted by Gasteiger charge is -2.14. The normalized spacial score (nSPS) is 11.2. The van der Waals surface area contributed by atoms with Crippen molar-refractivity contribution in [2.24, 2.45) is 0 Å². The predicted molar refractivity (Wildman–Crippen MR) is 44.5 cm³/mol. The lowest BCUT2D eigenvalue weighted by molar-refractivity contribution is -0.166. The summed E-state index contributed by atoms with van der Waals surface area (Å²) in [6.07, 6.45) is 0. The maximum absolute atomic E-state index is 13.1. The van der Waals surface area contributed by atoms with Gasteiger partial charge < -0.3 is 9.84 Å². The van der Waals surface area contributed by atoms with Crippen molar-refractivity contribution in [3.63, 3.8) is 0 Å². The largest absolute Gasteiger partial charge is 0.496 e. The fourth-order valence-corrected chi connectivity index (χ4v) is 1.04. The number of halogens is 3. The van der Waals surface area contributed by atoms with Crippen molar-refractivity contribution >= 4 is 5.97 Å². The van der Waals surface area contributed by atoms with Crippen molar-refractivity contribution in [3.8, 4) is 5.75 Å². The lowest BCUT2D eigenvalue weighted by atomic mass is 10.1. The number of aliphatic carboxylic acids is 1. The van der Waals surface area contributed by atoms with Gasteiger partial charge in [-0.1, -0.05) is 0 Å². The van der Waals surface area contributed by atoms with E-state index < -0.39 is 29.0 Å². The summed E-state index contributed by atoms with van der Waals surface area (Å²) in [5.74, 6) is -7.69. The molecule has 1 aromatic rings. The molecule has 1 aromatic carbocycles. The van der Waals surface area contributed by atoms with E-state index >= 15 is 0 Å². The third kappa shape index (κ3) is 2.03. The van der Waals surface area contributed by atoms with E-state index in [1.165, 1.54) is 0 Å². The van der Waals surface area contributed by atoms with Crippen LogP contribution in [0.25, 0.3) is 0 Å². The summed E-state index contributed by atoms with van der Waals surface area (Å²) in [5.41, 5.74) is -0.876. The maximum Gasteiger partial charge on any atom is 0.379 e. The quantitative estimate of drug-likeness (QED) is 0.847. The molecule has 0 unspecified atom stereocenters. The molecule has 0 aliphatic rings. The van der Waals surface area contributed by atoms with Crippen LogP contribution in [-0.2, 0) is 10.7 Å². The van der Waals surface area contributed by atoms with Gasteiger partial charge in [0.2, 0.25) is 0 Å². The zero-order chi connectivity index (χ0) is 11.6. The number of carboxylic acids is 1. The molecule has 15 heavy (non-hydrogen) atoms. The Labute approximate surface area is 83.1 Å². The zero-order valence-electron chi connectivity index (χ0n) is 7.63. The van der Waals surface area contributed by atoms with Gasteiger partial charge in [0.05, 0.1) is 12.7 Å². The average Bonchev–Trinajstić information content (AvgIpc) is 2.16. The molecule has 0 atom stereocenters. The first-order valence-corrected chi connectivity index (χ1v) is 3.85.